The maximum absolute atomic E-state index is 12.0. The third kappa shape index (κ3) is 5.69. The summed E-state index contributed by atoms with van der Waals surface area (Å²) in [6, 6.07) is 7.77. The van der Waals surface area contributed by atoms with Crippen LogP contribution in [0.4, 0.5) is 4.79 Å². The Morgan fingerprint density at radius 2 is 2.09 bits per heavy atom. The number of amides is 2. The number of carbonyl (C=O) groups excluding carboxylic acids is 1. The van der Waals surface area contributed by atoms with Crippen molar-refractivity contribution in [3.05, 3.63) is 47.5 Å². The number of aliphatic hydroxyl groups excluding tert-OH is 1. The van der Waals surface area contributed by atoms with Crippen LogP contribution < -0.4 is 10.6 Å². The van der Waals surface area contributed by atoms with E-state index in [9.17, 15) is 4.79 Å². The molecule has 5 heteroatoms. The van der Waals surface area contributed by atoms with Crippen molar-refractivity contribution in [3.63, 3.8) is 0 Å². The van der Waals surface area contributed by atoms with Gasteiger partial charge < -0.3 is 20.5 Å². The van der Waals surface area contributed by atoms with Crippen molar-refractivity contribution in [2.24, 2.45) is 5.92 Å². The number of carbonyl (C=O) groups is 1. The monoisotopic (exact) mass is 318 g/mol. The Morgan fingerprint density at radius 3 is 2.78 bits per heavy atom. The summed E-state index contributed by atoms with van der Waals surface area (Å²) in [5, 5.41) is 14.9. The molecule has 0 unspecified atom stereocenters. The zero-order chi connectivity index (χ0) is 16.5. The molecule has 5 nitrogen and oxygen atoms in total. The van der Waals surface area contributed by atoms with Gasteiger partial charge in [-0.05, 0) is 24.0 Å². The second-order valence-electron chi connectivity index (χ2n) is 5.82. The lowest BCUT2D eigenvalue weighted by molar-refractivity contribution is 0.121. The van der Waals surface area contributed by atoms with E-state index >= 15 is 0 Å². The highest BCUT2D eigenvalue weighted by atomic mass is 16.5. The van der Waals surface area contributed by atoms with E-state index in [0.717, 1.165) is 30.6 Å². The minimum atomic E-state index is -0.192. The molecule has 0 radical (unpaired) electrons. The molecule has 0 heterocycles. The molecular weight excluding hydrogens is 292 g/mol. The van der Waals surface area contributed by atoms with Gasteiger partial charge in [0.05, 0.1) is 6.61 Å². The second kappa shape index (κ2) is 9.33. The van der Waals surface area contributed by atoms with Crippen molar-refractivity contribution in [2.45, 2.75) is 39.0 Å². The number of urea groups is 1. The van der Waals surface area contributed by atoms with Crippen LogP contribution in [-0.2, 0) is 17.9 Å². The molecule has 23 heavy (non-hydrogen) atoms. The van der Waals surface area contributed by atoms with Crippen LogP contribution >= 0.6 is 0 Å². The lowest BCUT2D eigenvalue weighted by atomic mass is 10.1. The van der Waals surface area contributed by atoms with E-state index < -0.39 is 0 Å². The van der Waals surface area contributed by atoms with Crippen molar-refractivity contribution in [1.82, 2.24) is 10.6 Å². The molecule has 1 aromatic carbocycles. The first-order valence-electron chi connectivity index (χ1n) is 8.21. The van der Waals surface area contributed by atoms with Crippen molar-refractivity contribution >= 4 is 6.03 Å². The van der Waals surface area contributed by atoms with Gasteiger partial charge in [0.25, 0.3) is 0 Å². The van der Waals surface area contributed by atoms with Crippen LogP contribution in [-0.4, -0.2) is 30.4 Å². The van der Waals surface area contributed by atoms with E-state index in [0.29, 0.717) is 13.2 Å². The van der Waals surface area contributed by atoms with Gasteiger partial charge in [0.1, 0.15) is 0 Å². The molecule has 2 atom stereocenters. The normalized spacial score (nSPS) is 19.7. The van der Waals surface area contributed by atoms with Gasteiger partial charge in [-0.25, -0.2) is 4.79 Å². The van der Waals surface area contributed by atoms with Gasteiger partial charge in [-0.2, -0.15) is 0 Å². The van der Waals surface area contributed by atoms with Gasteiger partial charge in [0, 0.05) is 31.7 Å². The fourth-order valence-electron chi connectivity index (χ4n) is 2.61. The van der Waals surface area contributed by atoms with Gasteiger partial charge in [-0.1, -0.05) is 43.3 Å². The van der Waals surface area contributed by atoms with E-state index in [1.54, 1.807) is 0 Å². The quantitative estimate of drug-likeness (QED) is 0.509. The molecule has 126 valence electrons. The predicted molar refractivity (Wildman–Crippen MR) is 89.9 cm³/mol. The first-order valence-corrected chi connectivity index (χ1v) is 8.21. The summed E-state index contributed by atoms with van der Waals surface area (Å²) >= 11 is 0. The maximum Gasteiger partial charge on any atom is 0.315 e. The average Bonchev–Trinajstić information content (AvgIpc) is 3.02. The smallest absolute Gasteiger partial charge is 0.315 e. The van der Waals surface area contributed by atoms with Gasteiger partial charge in [0.15, 0.2) is 0 Å². The molecule has 3 N–H and O–H groups in total. The van der Waals surface area contributed by atoms with E-state index in [4.69, 9.17) is 9.84 Å². The summed E-state index contributed by atoms with van der Waals surface area (Å²) in [5.74, 6) is 0.150. The second-order valence-corrected chi connectivity index (χ2v) is 5.82. The third-order valence-corrected chi connectivity index (χ3v) is 3.89. The summed E-state index contributed by atoms with van der Waals surface area (Å²) in [7, 11) is 0. The molecular formula is C18H26N2O3. The molecule has 2 amide bonds. The highest BCUT2D eigenvalue weighted by molar-refractivity contribution is 5.74. The van der Waals surface area contributed by atoms with Crippen LogP contribution in [0.25, 0.3) is 0 Å². The Labute approximate surface area is 137 Å². The highest BCUT2D eigenvalue weighted by Gasteiger charge is 2.19. The van der Waals surface area contributed by atoms with Crippen LogP contribution in [0.2, 0.25) is 0 Å². The fraction of sp³-hybridized carbons (Fsp3) is 0.500. The van der Waals surface area contributed by atoms with Crippen LogP contribution in [0.1, 0.15) is 30.9 Å². The zero-order valence-corrected chi connectivity index (χ0v) is 13.6. The Kier molecular flexibility index (Phi) is 7.10. The zero-order valence-electron chi connectivity index (χ0n) is 13.6. The SMILES string of the molecule is CCCOCc1ccccc1CNC(=O)N[C@@H]1C=C[C@H](CO)C1. The summed E-state index contributed by atoms with van der Waals surface area (Å²) in [6.45, 7) is 3.98. The van der Waals surface area contributed by atoms with E-state index in [-0.39, 0.29) is 24.6 Å². The Bertz CT molecular complexity index is 531. The number of ether oxygens (including phenoxy) is 1. The molecule has 0 saturated carbocycles. The Hall–Kier alpha value is -1.85. The van der Waals surface area contributed by atoms with Crippen LogP contribution in [0.3, 0.4) is 0 Å². The highest BCUT2D eigenvalue weighted by Crippen LogP contribution is 2.16. The average molecular weight is 318 g/mol. The van der Waals surface area contributed by atoms with Crippen LogP contribution in [0, 0.1) is 5.92 Å². The molecule has 1 aromatic rings. The lowest BCUT2D eigenvalue weighted by Crippen LogP contribution is -2.40. The minimum Gasteiger partial charge on any atom is -0.396 e. The van der Waals surface area contributed by atoms with E-state index in [1.807, 2.05) is 36.4 Å². The van der Waals surface area contributed by atoms with Gasteiger partial charge >= 0.3 is 6.03 Å². The molecule has 1 aliphatic rings. The number of aliphatic hydroxyl groups is 1. The van der Waals surface area contributed by atoms with Crippen LogP contribution in [0.15, 0.2) is 36.4 Å². The van der Waals surface area contributed by atoms with Gasteiger partial charge in [-0.15, -0.1) is 0 Å². The van der Waals surface area contributed by atoms with Crippen molar-refractivity contribution in [1.29, 1.82) is 0 Å². The molecule has 0 bridgehead atoms. The van der Waals surface area contributed by atoms with Crippen molar-refractivity contribution in [2.75, 3.05) is 13.2 Å². The standard InChI is InChI=1S/C18H26N2O3/c1-2-9-23-13-16-6-4-3-5-15(16)11-19-18(22)20-17-8-7-14(10-17)12-21/h3-8,14,17,21H,2,9-13H2,1H3,(H2,19,20,22)/t14-,17+/m0/s1. The fourth-order valence-corrected chi connectivity index (χ4v) is 2.61. The topological polar surface area (TPSA) is 70.6 Å². The molecule has 0 spiro atoms. The summed E-state index contributed by atoms with van der Waals surface area (Å²) in [4.78, 5) is 12.0. The third-order valence-electron chi connectivity index (χ3n) is 3.89. The van der Waals surface area contributed by atoms with Crippen molar-refractivity contribution in [3.8, 4) is 0 Å². The number of hydrogen-bond acceptors (Lipinski definition) is 3. The predicted octanol–water partition coefficient (Wildman–Crippen LogP) is 2.35. The summed E-state index contributed by atoms with van der Waals surface area (Å²) < 4.78 is 5.59. The first-order chi connectivity index (χ1) is 11.2. The minimum absolute atomic E-state index is 0.00437. The number of benzene rings is 1. The Balaban J connectivity index is 1.79. The molecule has 0 aromatic heterocycles. The van der Waals surface area contributed by atoms with Gasteiger partial charge in [0.2, 0.25) is 0 Å². The van der Waals surface area contributed by atoms with E-state index in [2.05, 4.69) is 17.6 Å². The molecule has 0 aliphatic heterocycles. The Morgan fingerprint density at radius 1 is 1.30 bits per heavy atom. The van der Waals surface area contributed by atoms with Crippen molar-refractivity contribution < 1.29 is 14.6 Å². The first kappa shape index (κ1) is 17.5. The molecule has 2 rings (SSSR count). The molecule has 0 fully saturated rings. The molecule has 1 aliphatic carbocycles. The molecule has 0 saturated heterocycles. The number of hydrogen-bond donors (Lipinski definition) is 3. The lowest BCUT2D eigenvalue weighted by Gasteiger charge is -2.15. The largest absolute Gasteiger partial charge is 0.396 e. The summed E-state index contributed by atoms with van der Waals surface area (Å²) in [6.07, 6.45) is 5.64. The number of rotatable bonds is 8. The number of nitrogens with one attached hydrogen (secondary N) is 2. The summed E-state index contributed by atoms with van der Waals surface area (Å²) in [5.41, 5.74) is 2.16. The maximum atomic E-state index is 12.0. The van der Waals surface area contributed by atoms with Crippen LogP contribution in [0.5, 0.6) is 0 Å². The van der Waals surface area contributed by atoms with E-state index in [1.165, 1.54) is 0 Å². The van der Waals surface area contributed by atoms with Gasteiger partial charge in [-0.3, -0.25) is 0 Å².